The highest BCUT2D eigenvalue weighted by Crippen LogP contribution is 2.13. The van der Waals surface area contributed by atoms with Crippen LogP contribution in [-0.2, 0) is 14.1 Å². The van der Waals surface area contributed by atoms with E-state index in [-0.39, 0.29) is 5.65 Å². The fourth-order valence-electron chi connectivity index (χ4n) is 1.59. The maximum Gasteiger partial charge on any atom is 0.332 e. The van der Waals surface area contributed by atoms with Crippen LogP contribution in [-0.4, -0.2) is 19.1 Å². The summed E-state index contributed by atoms with van der Waals surface area (Å²) in [5.41, 5.74) is -2.97. The Morgan fingerprint density at radius 2 is 1.78 bits per heavy atom. The molecule has 0 bridgehead atoms. The second-order valence-electron chi connectivity index (χ2n) is 3.66. The summed E-state index contributed by atoms with van der Waals surface area (Å²) < 4.78 is 26.5. The largest absolute Gasteiger partial charge is 0.332 e. The van der Waals surface area contributed by atoms with Crippen molar-refractivity contribution in [2.24, 2.45) is 14.1 Å². The lowest BCUT2D eigenvalue weighted by molar-refractivity contribution is 0.140. The van der Waals surface area contributed by atoms with Crippen LogP contribution in [0.4, 0.5) is 8.78 Å². The predicted octanol–water partition coefficient (Wildman–Crippen LogP) is -0.742. The Balaban J connectivity index is 3.13. The number of nitrogens with zero attached hydrogens (tertiary/aromatic N) is 3. The summed E-state index contributed by atoms with van der Waals surface area (Å²) in [6.07, 6.45) is -3.00. The molecule has 7 nitrogen and oxygen atoms in total. The van der Waals surface area contributed by atoms with Gasteiger partial charge in [0.15, 0.2) is 11.5 Å². The summed E-state index contributed by atoms with van der Waals surface area (Å²) in [6.45, 7) is 0. The summed E-state index contributed by atoms with van der Waals surface area (Å²) in [7, 11) is 2.43. The van der Waals surface area contributed by atoms with E-state index in [2.05, 4.69) is 4.98 Å². The van der Waals surface area contributed by atoms with E-state index in [4.69, 9.17) is 0 Å². The third-order valence-corrected chi connectivity index (χ3v) is 2.54. The van der Waals surface area contributed by atoms with Gasteiger partial charge in [-0.2, -0.15) is 0 Å². The molecule has 2 aromatic heterocycles. The Morgan fingerprint density at radius 3 is 2.33 bits per heavy atom. The smallest absolute Gasteiger partial charge is 0.305 e. The number of aromatic nitrogens is 4. The molecule has 0 aromatic carbocycles. The number of hydrogen-bond acceptors (Lipinski definition) is 4. The Labute approximate surface area is 97.3 Å². The predicted molar refractivity (Wildman–Crippen MR) is 57.8 cm³/mol. The van der Waals surface area contributed by atoms with Crippen LogP contribution in [0.25, 0.3) is 11.0 Å². The molecular weight excluding hydrogens is 250 g/mol. The van der Waals surface area contributed by atoms with Gasteiger partial charge in [-0.05, 0) is 0 Å². The molecular formula is C9H8F2N4O3. The van der Waals surface area contributed by atoms with E-state index >= 15 is 0 Å². The topological polar surface area (TPSA) is 89.8 Å². The molecule has 0 amide bonds. The molecule has 1 N–H and O–H groups in total. The Bertz CT molecular complexity index is 802. The third kappa shape index (κ3) is 1.55. The van der Waals surface area contributed by atoms with Crippen molar-refractivity contribution in [1.29, 1.82) is 0 Å². The number of alkyl halides is 2. The quantitative estimate of drug-likeness (QED) is 0.729. The monoisotopic (exact) mass is 258 g/mol. The van der Waals surface area contributed by atoms with Crippen LogP contribution in [0.3, 0.4) is 0 Å². The summed E-state index contributed by atoms with van der Waals surface area (Å²) in [6, 6.07) is 0. The van der Waals surface area contributed by atoms with Crippen molar-refractivity contribution >= 4 is 11.0 Å². The lowest BCUT2D eigenvalue weighted by atomic mass is 10.3. The molecule has 9 heteroatoms. The number of halogens is 2. The zero-order valence-corrected chi connectivity index (χ0v) is 9.40. The van der Waals surface area contributed by atoms with Crippen molar-refractivity contribution in [1.82, 2.24) is 19.1 Å². The molecule has 0 unspecified atom stereocenters. The number of aryl methyl sites for hydroxylation is 1. The Hall–Kier alpha value is -2.32. The molecule has 2 heterocycles. The van der Waals surface area contributed by atoms with E-state index in [0.717, 1.165) is 4.57 Å². The van der Waals surface area contributed by atoms with Crippen molar-refractivity contribution in [3.05, 3.63) is 37.0 Å². The van der Waals surface area contributed by atoms with Gasteiger partial charge in [-0.15, -0.1) is 0 Å². The normalized spacial score (nSPS) is 11.4. The van der Waals surface area contributed by atoms with Crippen LogP contribution < -0.4 is 16.8 Å². The van der Waals surface area contributed by atoms with Gasteiger partial charge < -0.3 is 4.98 Å². The van der Waals surface area contributed by atoms with Crippen LogP contribution >= 0.6 is 0 Å². The summed E-state index contributed by atoms with van der Waals surface area (Å²) in [5.74, 6) is -0.879. The number of rotatable bonds is 1. The van der Waals surface area contributed by atoms with E-state index in [1.165, 1.54) is 14.1 Å². The van der Waals surface area contributed by atoms with Crippen molar-refractivity contribution in [3.8, 4) is 0 Å². The van der Waals surface area contributed by atoms with E-state index in [1.807, 2.05) is 4.98 Å². The number of fused-ring (bicyclic) bond motifs is 1. The molecule has 0 aliphatic rings. The van der Waals surface area contributed by atoms with Gasteiger partial charge in [0.1, 0.15) is 5.39 Å². The molecule has 2 aromatic rings. The van der Waals surface area contributed by atoms with Crippen LogP contribution in [0, 0.1) is 0 Å². The zero-order chi connectivity index (χ0) is 13.6. The molecule has 0 radical (unpaired) electrons. The maximum atomic E-state index is 12.5. The first-order valence-corrected chi connectivity index (χ1v) is 4.82. The van der Waals surface area contributed by atoms with Gasteiger partial charge in [0.05, 0.1) is 0 Å². The summed E-state index contributed by atoms with van der Waals surface area (Å²) in [4.78, 5) is 40.1. The second-order valence-corrected chi connectivity index (χ2v) is 3.66. The lowest BCUT2D eigenvalue weighted by Crippen LogP contribution is -2.40. The van der Waals surface area contributed by atoms with Crippen molar-refractivity contribution < 1.29 is 8.78 Å². The third-order valence-electron chi connectivity index (χ3n) is 2.54. The zero-order valence-electron chi connectivity index (χ0n) is 9.40. The SMILES string of the molecule is Cn1c(=O)c2c(=O)[nH]c(C(F)F)nc2n(C)c1=O. The molecule has 0 fully saturated rings. The highest BCUT2D eigenvalue weighted by atomic mass is 19.3. The fraction of sp³-hybridized carbons (Fsp3) is 0.333. The van der Waals surface area contributed by atoms with E-state index < -0.39 is 34.4 Å². The van der Waals surface area contributed by atoms with Gasteiger partial charge in [0.25, 0.3) is 17.5 Å². The second kappa shape index (κ2) is 3.86. The van der Waals surface area contributed by atoms with Crippen LogP contribution in [0.5, 0.6) is 0 Å². The minimum atomic E-state index is -3.00. The van der Waals surface area contributed by atoms with Gasteiger partial charge in [-0.3, -0.25) is 18.7 Å². The van der Waals surface area contributed by atoms with Crippen molar-refractivity contribution in [2.45, 2.75) is 6.43 Å². The van der Waals surface area contributed by atoms with Crippen LogP contribution in [0.2, 0.25) is 0 Å². The van der Waals surface area contributed by atoms with E-state index in [1.54, 1.807) is 0 Å². The average molecular weight is 258 g/mol. The number of hydrogen-bond donors (Lipinski definition) is 1. The highest BCUT2D eigenvalue weighted by Gasteiger charge is 2.18. The molecule has 2 rings (SSSR count). The van der Waals surface area contributed by atoms with Gasteiger partial charge in [0, 0.05) is 14.1 Å². The molecule has 0 spiro atoms. The van der Waals surface area contributed by atoms with Gasteiger partial charge in [0.2, 0.25) is 0 Å². The number of H-pyrrole nitrogens is 1. The van der Waals surface area contributed by atoms with Crippen molar-refractivity contribution in [2.75, 3.05) is 0 Å². The average Bonchev–Trinajstić information content (AvgIpc) is 2.32. The summed E-state index contributed by atoms with van der Waals surface area (Å²) in [5, 5.41) is -0.427. The van der Waals surface area contributed by atoms with E-state index in [9.17, 15) is 23.2 Å². The minimum absolute atomic E-state index is 0.359. The first-order chi connectivity index (χ1) is 8.34. The molecule has 18 heavy (non-hydrogen) atoms. The Kier molecular flexibility index (Phi) is 2.60. The van der Waals surface area contributed by atoms with E-state index in [0.29, 0.717) is 4.57 Å². The lowest BCUT2D eigenvalue weighted by Gasteiger charge is -2.07. The first-order valence-electron chi connectivity index (χ1n) is 4.82. The number of aromatic amines is 1. The molecule has 96 valence electrons. The van der Waals surface area contributed by atoms with Gasteiger partial charge in [-0.25, -0.2) is 18.6 Å². The van der Waals surface area contributed by atoms with Crippen LogP contribution in [0.1, 0.15) is 12.2 Å². The van der Waals surface area contributed by atoms with Crippen molar-refractivity contribution in [3.63, 3.8) is 0 Å². The molecule has 0 atom stereocenters. The van der Waals surface area contributed by atoms with Gasteiger partial charge in [-0.1, -0.05) is 0 Å². The fourth-order valence-corrected chi connectivity index (χ4v) is 1.59. The molecule has 0 saturated carbocycles. The first kappa shape index (κ1) is 12.1. The minimum Gasteiger partial charge on any atom is -0.305 e. The molecule has 0 saturated heterocycles. The Morgan fingerprint density at radius 1 is 1.17 bits per heavy atom. The highest BCUT2D eigenvalue weighted by molar-refractivity contribution is 5.72. The summed E-state index contributed by atoms with van der Waals surface area (Å²) >= 11 is 0. The standard InChI is InChI=1S/C9H8F2N4O3/c1-14-6-3(8(17)15(2)9(14)18)7(16)13-5(12-6)4(10)11/h4H,1-2H3,(H,12,13,16). The molecule has 0 aliphatic carbocycles. The van der Waals surface area contributed by atoms with Crippen LogP contribution in [0.15, 0.2) is 14.4 Å². The number of nitrogens with one attached hydrogen (secondary N) is 1. The molecule has 0 aliphatic heterocycles. The maximum absolute atomic E-state index is 12.5. The van der Waals surface area contributed by atoms with Gasteiger partial charge >= 0.3 is 5.69 Å².